The lowest BCUT2D eigenvalue weighted by Gasteiger charge is -2.20. The van der Waals surface area contributed by atoms with E-state index in [0.717, 1.165) is 4.47 Å². The van der Waals surface area contributed by atoms with Gasteiger partial charge in [-0.25, -0.2) is 0 Å². The van der Waals surface area contributed by atoms with E-state index in [9.17, 15) is 14.7 Å². The molecular formula is C14H12BrNO4. The number of aliphatic carboxylic acids is 1. The second-order valence-corrected chi connectivity index (χ2v) is 5.75. The van der Waals surface area contributed by atoms with E-state index in [1.54, 1.807) is 24.3 Å². The van der Waals surface area contributed by atoms with Crippen LogP contribution in [0.25, 0.3) is 0 Å². The zero-order chi connectivity index (χ0) is 14.3. The van der Waals surface area contributed by atoms with Crippen LogP contribution in [-0.2, 0) is 14.3 Å². The summed E-state index contributed by atoms with van der Waals surface area (Å²) in [5.41, 5.74) is 0.633. The first kappa shape index (κ1) is 13.3. The van der Waals surface area contributed by atoms with Gasteiger partial charge in [0.1, 0.15) is 5.92 Å². The number of nitrogens with one attached hydrogen (secondary N) is 1. The van der Waals surface area contributed by atoms with E-state index in [4.69, 9.17) is 4.74 Å². The Balaban J connectivity index is 1.78. The molecule has 0 saturated carbocycles. The Morgan fingerprint density at radius 1 is 1.10 bits per heavy atom. The third kappa shape index (κ3) is 2.25. The van der Waals surface area contributed by atoms with Crippen LogP contribution in [0.15, 0.2) is 40.9 Å². The summed E-state index contributed by atoms with van der Waals surface area (Å²) in [4.78, 5) is 23.6. The molecule has 2 aliphatic rings. The number of rotatable bonds is 3. The number of anilines is 1. The van der Waals surface area contributed by atoms with E-state index in [1.165, 1.54) is 0 Å². The lowest BCUT2D eigenvalue weighted by atomic mass is 9.82. The third-order valence-corrected chi connectivity index (χ3v) is 4.13. The first-order chi connectivity index (χ1) is 9.56. The minimum atomic E-state index is -1.00. The fourth-order valence-electron chi connectivity index (χ4n) is 2.67. The van der Waals surface area contributed by atoms with Crippen LogP contribution in [-0.4, -0.2) is 29.2 Å². The van der Waals surface area contributed by atoms with Gasteiger partial charge in [0.05, 0.1) is 18.1 Å². The number of carbonyl (C=O) groups is 2. The first-order valence-electron chi connectivity index (χ1n) is 6.19. The summed E-state index contributed by atoms with van der Waals surface area (Å²) in [7, 11) is 0. The summed E-state index contributed by atoms with van der Waals surface area (Å²) in [5.74, 6) is -2.83. The Bertz CT molecular complexity index is 583. The standard InChI is InChI=1S/C14H12BrNO4/c15-7-1-3-8(4-2-7)16-13(17)11-9-5-6-10(20-9)12(11)14(18)19/h1-6,9-12H,(H,16,17)(H,18,19)/t9-,10-,11-,12+/m1/s1. The maximum atomic E-state index is 12.3. The van der Waals surface area contributed by atoms with E-state index in [2.05, 4.69) is 21.2 Å². The predicted octanol–water partition coefficient (Wildman–Crippen LogP) is 2.04. The molecule has 1 fully saturated rings. The number of benzene rings is 1. The zero-order valence-corrected chi connectivity index (χ0v) is 11.9. The third-order valence-electron chi connectivity index (χ3n) is 3.60. The molecule has 0 unspecified atom stereocenters. The van der Waals surface area contributed by atoms with Crippen LogP contribution < -0.4 is 5.32 Å². The molecule has 1 aromatic rings. The maximum Gasteiger partial charge on any atom is 0.310 e. The van der Waals surface area contributed by atoms with Crippen molar-refractivity contribution in [1.29, 1.82) is 0 Å². The number of fused-ring (bicyclic) bond motifs is 2. The molecule has 2 bridgehead atoms. The number of carbonyl (C=O) groups excluding carboxylic acids is 1. The van der Waals surface area contributed by atoms with Crippen LogP contribution >= 0.6 is 15.9 Å². The number of hydrogen-bond acceptors (Lipinski definition) is 3. The van der Waals surface area contributed by atoms with Crippen LogP contribution in [0.2, 0.25) is 0 Å². The Hall–Kier alpha value is -1.66. The minimum Gasteiger partial charge on any atom is -0.481 e. The van der Waals surface area contributed by atoms with Gasteiger partial charge in [-0.15, -0.1) is 0 Å². The fraction of sp³-hybridized carbons (Fsp3) is 0.286. The van der Waals surface area contributed by atoms with Gasteiger partial charge in [-0.3, -0.25) is 9.59 Å². The molecular weight excluding hydrogens is 326 g/mol. The van der Waals surface area contributed by atoms with Crippen molar-refractivity contribution in [2.45, 2.75) is 12.2 Å². The molecule has 0 aliphatic carbocycles. The van der Waals surface area contributed by atoms with Crippen molar-refractivity contribution in [2.24, 2.45) is 11.8 Å². The van der Waals surface area contributed by atoms with E-state index in [1.807, 2.05) is 12.1 Å². The molecule has 5 nitrogen and oxygen atoms in total. The highest BCUT2D eigenvalue weighted by molar-refractivity contribution is 9.10. The van der Waals surface area contributed by atoms with Crippen LogP contribution in [0.4, 0.5) is 5.69 Å². The summed E-state index contributed by atoms with van der Waals surface area (Å²) in [5, 5.41) is 12.0. The number of halogens is 1. The van der Waals surface area contributed by atoms with Gasteiger partial charge in [-0.2, -0.15) is 0 Å². The molecule has 0 radical (unpaired) electrons. The minimum absolute atomic E-state index is 0.323. The van der Waals surface area contributed by atoms with Crippen molar-refractivity contribution < 1.29 is 19.4 Å². The number of carboxylic acid groups (broad SMARTS) is 1. The quantitative estimate of drug-likeness (QED) is 0.827. The summed E-state index contributed by atoms with van der Waals surface area (Å²) < 4.78 is 6.38. The van der Waals surface area contributed by atoms with E-state index in [0.29, 0.717) is 5.69 Å². The summed E-state index contributed by atoms with van der Waals surface area (Å²) >= 11 is 3.31. The second kappa shape index (κ2) is 5.03. The van der Waals surface area contributed by atoms with Gasteiger partial charge in [0.2, 0.25) is 5.91 Å². The highest BCUT2D eigenvalue weighted by Crippen LogP contribution is 2.39. The largest absolute Gasteiger partial charge is 0.481 e. The monoisotopic (exact) mass is 337 g/mol. The second-order valence-electron chi connectivity index (χ2n) is 4.84. The maximum absolute atomic E-state index is 12.3. The zero-order valence-electron chi connectivity index (χ0n) is 10.3. The topological polar surface area (TPSA) is 75.6 Å². The number of hydrogen-bond donors (Lipinski definition) is 2. The normalized spacial score (nSPS) is 30.4. The number of amides is 1. The summed E-state index contributed by atoms with van der Waals surface area (Å²) in [6.07, 6.45) is 2.53. The highest BCUT2D eigenvalue weighted by Gasteiger charge is 2.53. The van der Waals surface area contributed by atoms with E-state index >= 15 is 0 Å². The van der Waals surface area contributed by atoms with E-state index in [-0.39, 0.29) is 5.91 Å². The average molecular weight is 338 g/mol. The fourth-order valence-corrected chi connectivity index (χ4v) is 2.94. The molecule has 2 heterocycles. The van der Waals surface area contributed by atoms with Crippen molar-refractivity contribution in [3.8, 4) is 0 Å². The Morgan fingerprint density at radius 3 is 2.30 bits per heavy atom. The van der Waals surface area contributed by atoms with E-state index < -0.39 is 30.0 Å². The lowest BCUT2D eigenvalue weighted by Crippen LogP contribution is -2.39. The Kier molecular flexibility index (Phi) is 3.35. The molecule has 1 saturated heterocycles. The molecule has 2 aliphatic heterocycles. The molecule has 0 spiro atoms. The first-order valence-corrected chi connectivity index (χ1v) is 6.98. The van der Waals surface area contributed by atoms with Crippen LogP contribution in [0.3, 0.4) is 0 Å². The van der Waals surface area contributed by atoms with Gasteiger partial charge < -0.3 is 15.2 Å². The average Bonchev–Trinajstić information content (AvgIpc) is 3.01. The Morgan fingerprint density at radius 2 is 1.70 bits per heavy atom. The number of carboxylic acids is 1. The van der Waals surface area contributed by atoms with Crippen molar-refractivity contribution in [1.82, 2.24) is 0 Å². The SMILES string of the molecule is O=C(O)[C@@H]1[C@H](C(=O)Nc2ccc(Br)cc2)[C@H]2C=C[C@H]1O2. The highest BCUT2D eigenvalue weighted by atomic mass is 79.9. The molecule has 2 N–H and O–H groups in total. The lowest BCUT2D eigenvalue weighted by molar-refractivity contribution is -0.145. The van der Waals surface area contributed by atoms with Crippen LogP contribution in [0.5, 0.6) is 0 Å². The van der Waals surface area contributed by atoms with Crippen LogP contribution in [0, 0.1) is 11.8 Å². The number of ether oxygens (including phenoxy) is 1. The Labute approximate surface area is 123 Å². The van der Waals surface area contributed by atoms with Crippen molar-refractivity contribution >= 4 is 33.5 Å². The molecule has 0 aromatic heterocycles. The van der Waals surface area contributed by atoms with Crippen molar-refractivity contribution in [3.05, 3.63) is 40.9 Å². The van der Waals surface area contributed by atoms with Gasteiger partial charge in [0, 0.05) is 10.2 Å². The molecule has 1 amide bonds. The van der Waals surface area contributed by atoms with Crippen LogP contribution in [0.1, 0.15) is 0 Å². The molecule has 4 atom stereocenters. The van der Waals surface area contributed by atoms with Crippen molar-refractivity contribution in [3.63, 3.8) is 0 Å². The smallest absolute Gasteiger partial charge is 0.310 e. The van der Waals surface area contributed by atoms with Gasteiger partial charge in [0.25, 0.3) is 0 Å². The molecule has 20 heavy (non-hydrogen) atoms. The molecule has 1 aromatic carbocycles. The van der Waals surface area contributed by atoms with Gasteiger partial charge in [0.15, 0.2) is 0 Å². The molecule has 104 valence electrons. The summed E-state index contributed by atoms with van der Waals surface area (Å²) in [6, 6.07) is 7.12. The van der Waals surface area contributed by atoms with Crippen molar-refractivity contribution in [2.75, 3.05) is 5.32 Å². The predicted molar refractivity (Wildman–Crippen MR) is 75.2 cm³/mol. The molecule has 6 heteroatoms. The molecule has 3 rings (SSSR count). The van der Waals surface area contributed by atoms with Gasteiger partial charge in [-0.05, 0) is 24.3 Å². The van der Waals surface area contributed by atoms with Gasteiger partial charge in [-0.1, -0.05) is 28.1 Å². The van der Waals surface area contributed by atoms with Gasteiger partial charge >= 0.3 is 5.97 Å². The summed E-state index contributed by atoms with van der Waals surface area (Å²) in [6.45, 7) is 0.